The quantitative estimate of drug-likeness (QED) is 0.678. The molecule has 3 aromatic rings. The summed E-state index contributed by atoms with van der Waals surface area (Å²) in [7, 11) is 0. The van der Waals surface area contributed by atoms with Crippen LogP contribution in [0.25, 0.3) is 11.4 Å². The van der Waals surface area contributed by atoms with Crippen molar-refractivity contribution in [1.29, 1.82) is 0 Å². The van der Waals surface area contributed by atoms with Gasteiger partial charge in [-0.1, -0.05) is 30.3 Å². The fourth-order valence-corrected chi connectivity index (χ4v) is 2.83. The lowest BCUT2D eigenvalue weighted by atomic mass is 9.96. The predicted molar refractivity (Wildman–Crippen MR) is 96.6 cm³/mol. The van der Waals surface area contributed by atoms with Crippen LogP contribution in [-0.2, 0) is 16.0 Å². The Labute approximate surface area is 157 Å². The van der Waals surface area contributed by atoms with Crippen LogP contribution < -0.4 is 0 Å². The molecular weight excluding hydrogens is 346 g/mol. The summed E-state index contributed by atoms with van der Waals surface area (Å²) in [6, 6.07) is 5.80. The first-order chi connectivity index (χ1) is 13.0. The monoisotopic (exact) mass is 369 g/mol. The molecule has 0 amide bonds. The third-order valence-corrected chi connectivity index (χ3v) is 4.48. The minimum atomic E-state index is -0.313. The van der Waals surface area contributed by atoms with Crippen LogP contribution in [0.4, 0.5) is 0 Å². The Kier molecular flexibility index (Phi) is 4.71. The topological polar surface area (TPSA) is 92.8 Å². The second-order valence-electron chi connectivity index (χ2n) is 7.56. The van der Waals surface area contributed by atoms with Gasteiger partial charge in [-0.15, -0.1) is 10.2 Å². The zero-order valence-corrected chi connectivity index (χ0v) is 15.7. The first-order valence-corrected chi connectivity index (χ1v) is 8.97. The van der Waals surface area contributed by atoms with E-state index in [-0.39, 0.29) is 17.7 Å². The predicted octanol–water partition coefficient (Wildman–Crippen LogP) is 1.94. The minimum absolute atomic E-state index is 0.0186. The molecule has 0 aromatic carbocycles. The van der Waals surface area contributed by atoms with Gasteiger partial charge < -0.3 is 9.47 Å². The smallest absolute Gasteiger partial charge is 0.177 e. The molecule has 142 valence electrons. The highest BCUT2D eigenvalue weighted by Gasteiger charge is 2.28. The zero-order valence-electron chi connectivity index (χ0n) is 15.7. The lowest BCUT2D eigenvalue weighted by Gasteiger charge is -2.34. The summed E-state index contributed by atoms with van der Waals surface area (Å²) in [4.78, 5) is 4.37. The third-order valence-electron chi connectivity index (χ3n) is 4.48. The maximum Gasteiger partial charge on any atom is 0.177 e. The summed E-state index contributed by atoms with van der Waals surface area (Å²) in [5.74, 6) is 0. The van der Waals surface area contributed by atoms with Gasteiger partial charge in [0.2, 0.25) is 0 Å². The van der Waals surface area contributed by atoms with Crippen LogP contribution in [0, 0.1) is 5.41 Å². The fraction of sp³-hybridized carbons (Fsp3) is 0.500. The molecule has 9 nitrogen and oxygen atoms in total. The number of pyridine rings is 1. The number of hydrogen-bond acceptors (Lipinski definition) is 7. The molecule has 1 aliphatic heterocycles. The van der Waals surface area contributed by atoms with E-state index >= 15 is 0 Å². The van der Waals surface area contributed by atoms with Gasteiger partial charge in [-0.25, -0.2) is 9.36 Å². The van der Waals surface area contributed by atoms with E-state index in [1.807, 2.05) is 37.5 Å². The molecular formula is C18H23N7O2. The van der Waals surface area contributed by atoms with Gasteiger partial charge in [-0.2, -0.15) is 0 Å². The van der Waals surface area contributed by atoms with Crippen LogP contribution in [0.2, 0.25) is 0 Å². The van der Waals surface area contributed by atoms with E-state index in [1.54, 1.807) is 15.6 Å². The van der Waals surface area contributed by atoms with Crippen molar-refractivity contribution in [2.45, 2.75) is 39.6 Å². The number of ether oxygens (including phenoxy) is 2. The van der Waals surface area contributed by atoms with Crippen LogP contribution in [0.3, 0.4) is 0 Å². The van der Waals surface area contributed by atoms with Gasteiger partial charge in [0.25, 0.3) is 0 Å². The SMILES string of the molecule is CC(c1ccccn1)n1cc(-c2cn(CC3OCC(C)(C)CO3)nn2)nn1. The van der Waals surface area contributed by atoms with Crippen LogP contribution in [-0.4, -0.2) is 54.5 Å². The number of aromatic nitrogens is 7. The molecule has 9 heteroatoms. The van der Waals surface area contributed by atoms with Crippen molar-refractivity contribution in [2.75, 3.05) is 13.2 Å². The molecule has 1 fully saturated rings. The molecule has 1 unspecified atom stereocenters. The second kappa shape index (κ2) is 7.16. The highest BCUT2D eigenvalue weighted by Crippen LogP contribution is 2.24. The fourth-order valence-electron chi connectivity index (χ4n) is 2.83. The van der Waals surface area contributed by atoms with E-state index in [9.17, 15) is 0 Å². The molecule has 27 heavy (non-hydrogen) atoms. The third kappa shape index (κ3) is 4.04. The van der Waals surface area contributed by atoms with Crippen molar-refractivity contribution in [3.63, 3.8) is 0 Å². The van der Waals surface area contributed by atoms with E-state index in [1.165, 1.54) is 0 Å². The van der Waals surface area contributed by atoms with Crippen molar-refractivity contribution >= 4 is 0 Å². The van der Waals surface area contributed by atoms with E-state index in [4.69, 9.17) is 9.47 Å². The molecule has 1 aliphatic rings. The Bertz CT molecular complexity index is 880. The van der Waals surface area contributed by atoms with Crippen molar-refractivity contribution in [3.8, 4) is 11.4 Å². The van der Waals surface area contributed by atoms with Crippen molar-refractivity contribution in [2.24, 2.45) is 5.41 Å². The van der Waals surface area contributed by atoms with Gasteiger partial charge in [-0.05, 0) is 19.1 Å². The average Bonchev–Trinajstić information content (AvgIpc) is 3.33. The molecule has 0 radical (unpaired) electrons. The normalized spacial score (nSPS) is 18.5. The molecule has 0 bridgehead atoms. The first-order valence-electron chi connectivity index (χ1n) is 8.97. The van der Waals surface area contributed by atoms with Gasteiger partial charge in [-0.3, -0.25) is 4.98 Å². The molecule has 0 N–H and O–H groups in total. The van der Waals surface area contributed by atoms with Gasteiger partial charge in [0.05, 0.1) is 43.9 Å². The molecule has 1 atom stereocenters. The largest absolute Gasteiger partial charge is 0.350 e. The lowest BCUT2D eigenvalue weighted by Crippen LogP contribution is -2.39. The molecule has 1 saturated heterocycles. The Balaban J connectivity index is 1.42. The minimum Gasteiger partial charge on any atom is -0.350 e. The van der Waals surface area contributed by atoms with Crippen LogP contribution >= 0.6 is 0 Å². The van der Waals surface area contributed by atoms with E-state index in [0.717, 1.165) is 5.69 Å². The maximum absolute atomic E-state index is 5.75. The van der Waals surface area contributed by atoms with Crippen molar-refractivity contribution < 1.29 is 9.47 Å². The standard InChI is InChI=1S/C18H23N7O2/c1-13(14-6-4-5-7-19-14)25-9-16(21-23-25)15-8-24(22-20-15)10-17-26-11-18(2,3)12-27-17/h4-9,13,17H,10-12H2,1-3H3. The van der Waals surface area contributed by atoms with Crippen molar-refractivity contribution in [1.82, 2.24) is 35.0 Å². The molecule has 4 heterocycles. The zero-order chi connectivity index (χ0) is 18.9. The Morgan fingerprint density at radius 1 is 1.11 bits per heavy atom. The number of hydrogen-bond donors (Lipinski definition) is 0. The summed E-state index contributed by atoms with van der Waals surface area (Å²) < 4.78 is 15.0. The van der Waals surface area contributed by atoms with E-state index < -0.39 is 0 Å². The lowest BCUT2D eigenvalue weighted by molar-refractivity contribution is -0.227. The van der Waals surface area contributed by atoms with Gasteiger partial charge >= 0.3 is 0 Å². The summed E-state index contributed by atoms with van der Waals surface area (Å²) in [6.45, 7) is 8.08. The molecule has 0 saturated carbocycles. The Morgan fingerprint density at radius 2 is 1.85 bits per heavy atom. The van der Waals surface area contributed by atoms with Gasteiger partial charge in [0.1, 0.15) is 11.4 Å². The highest BCUT2D eigenvalue weighted by atomic mass is 16.7. The molecule has 0 aliphatic carbocycles. The summed E-state index contributed by atoms with van der Waals surface area (Å²) in [5.41, 5.74) is 2.29. The average molecular weight is 369 g/mol. The summed E-state index contributed by atoms with van der Waals surface area (Å²) in [5, 5.41) is 16.8. The van der Waals surface area contributed by atoms with Crippen molar-refractivity contribution in [3.05, 3.63) is 42.5 Å². The number of nitrogens with zero attached hydrogens (tertiary/aromatic N) is 7. The molecule has 3 aromatic heterocycles. The van der Waals surface area contributed by atoms with Crippen LogP contribution in [0.5, 0.6) is 0 Å². The van der Waals surface area contributed by atoms with Crippen LogP contribution in [0.15, 0.2) is 36.8 Å². The van der Waals surface area contributed by atoms with E-state index in [2.05, 4.69) is 39.5 Å². The summed E-state index contributed by atoms with van der Waals surface area (Å²) >= 11 is 0. The Morgan fingerprint density at radius 3 is 2.59 bits per heavy atom. The first kappa shape index (κ1) is 17.7. The van der Waals surface area contributed by atoms with Gasteiger partial charge in [0, 0.05) is 11.6 Å². The highest BCUT2D eigenvalue weighted by molar-refractivity contribution is 5.49. The molecule has 4 rings (SSSR count). The number of rotatable bonds is 5. The maximum atomic E-state index is 5.75. The van der Waals surface area contributed by atoms with Gasteiger partial charge in [0.15, 0.2) is 6.29 Å². The second-order valence-corrected chi connectivity index (χ2v) is 7.56. The van der Waals surface area contributed by atoms with E-state index in [0.29, 0.717) is 31.1 Å². The summed E-state index contributed by atoms with van der Waals surface area (Å²) in [6.07, 6.45) is 5.13. The Hall–Kier alpha value is -2.65. The van der Waals surface area contributed by atoms with Crippen LogP contribution in [0.1, 0.15) is 32.5 Å². The molecule has 0 spiro atoms.